The number of rotatable bonds is 4. The van der Waals surface area contributed by atoms with Crippen LogP contribution in [0.3, 0.4) is 0 Å². The molecule has 2 rings (SSSR count). The summed E-state index contributed by atoms with van der Waals surface area (Å²) in [6.45, 7) is 0.119. The van der Waals surface area contributed by atoms with Gasteiger partial charge in [0.2, 0.25) is 11.9 Å². The smallest absolute Gasteiger partial charge is 0.230 e. The summed E-state index contributed by atoms with van der Waals surface area (Å²) in [6.07, 6.45) is 0. The summed E-state index contributed by atoms with van der Waals surface area (Å²) in [6, 6.07) is 4.97. The maximum Gasteiger partial charge on any atom is 0.230 e. The summed E-state index contributed by atoms with van der Waals surface area (Å²) in [5.74, 6) is 1.48. The molecule has 8 heteroatoms. The molecular formula is C12H13Cl2N5O. The molecule has 0 radical (unpaired) electrons. The third kappa shape index (κ3) is 3.61. The van der Waals surface area contributed by atoms with Crippen molar-refractivity contribution >= 4 is 35.1 Å². The largest absolute Gasteiger partial charge is 0.484 e. The summed E-state index contributed by atoms with van der Waals surface area (Å²) in [4.78, 5) is 14.0. The Morgan fingerprint density at radius 3 is 2.65 bits per heavy atom. The number of benzene rings is 1. The summed E-state index contributed by atoms with van der Waals surface area (Å²) < 4.78 is 5.55. The van der Waals surface area contributed by atoms with Gasteiger partial charge in [0.05, 0.1) is 5.02 Å². The molecule has 106 valence electrons. The summed E-state index contributed by atoms with van der Waals surface area (Å²) >= 11 is 11.9. The van der Waals surface area contributed by atoms with Crippen LogP contribution in [-0.4, -0.2) is 29.0 Å². The second-order valence-electron chi connectivity index (χ2n) is 4.17. The van der Waals surface area contributed by atoms with Crippen LogP contribution in [0.15, 0.2) is 18.2 Å². The molecule has 0 amide bonds. The Morgan fingerprint density at radius 1 is 1.20 bits per heavy atom. The fourth-order valence-corrected chi connectivity index (χ4v) is 1.75. The molecule has 0 atom stereocenters. The topological polar surface area (TPSA) is 77.2 Å². The summed E-state index contributed by atoms with van der Waals surface area (Å²) in [7, 11) is 3.63. The zero-order valence-corrected chi connectivity index (χ0v) is 12.5. The van der Waals surface area contributed by atoms with Crippen LogP contribution in [0, 0.1) is 0 Å². The lowest BCUT2D eigenvalue weighted by atomic mass is 10.3. The molecule has 20 heavy (non-hydrogen) atoms. The SMILES string of the molecule is CN(C)c1nc(N)nc(COc2cc(Cl)ccc2Cl)n1. The van der Waals surface area contributed by atoms with Gasteiger partial charge in [0.25, 0.3) is 0 Å². The maximum absolute atomic E-state index is 6.01. The van der Waals surface area contributed by atoms with E-state index in [0.29, 0.717) is 27.6 Å². The van der Waals surface area contributed by atoms with Gasteiger partial charge in [-0.15, -0.1) is 0 Å². The zero-order valence-electron chi connectivity index (χ0n) is 11.0. The molecule has 1 heterocycles. The molecule has 1 aromatic heterocycles. The Balaban J connectivity index is 2.16. The second-order valence-corrected chi connectivity index (χ2v) is 5.01. The van der Waals surface area contributed by atoms with Crippen molar-refractivity contribution in [1.29, 1.82) is 0 Å². The Labute approximate surface area is 126 Å². The minimum Gasteiger partial charge on any atom is -0.484 e. The first-order chi connectivity index (χ1) is 9.45. The second kappa shape index (κ2) is 6.11. The van der Waals surface area contributed by atoms with Crippen molar-refractivity contribution in [2.45, 2.75) is 6.61 Å². The fraction of sp³-hybridized carbons (Fsp3) is 0.250. The minimum atomic E-state index is 0.119. The number of nitrogen functional groups attached to an aromatic ring is 1. The molecule has 0 fully saturated rings. The van der Waals surface area contributed by atoms with Gasteiger partial charge in [0.1, 0.15) is 12.4 Å². The van der Waals surface area contributed by atoms with Gasteiger partial charge in [-0.25, -0.2) is 0 Å². The molecule has 6 nitrogen and oxygen atoms in total. The van der Waals surface area contributed by atoms with Crippen molar-refractivity contribution in [3.63, 3.8) is 0 Å². The van der Waals surface area contributed by atoms with E-state index in [-0.39, 0.29) is 12.6 Å². The van der Waals surface area contributed by atoms with Gasteiger partial charge >= 0.3 is 0 Å². The van der Waals surface area contributed by atoms with Crippen LogP contribution in [-0.2, 0) is 6.61 Å². The number of nitrogens with two attached hydrogens (primary N) is 1. The molecule has 0 aliphatic rings. The van der Waals surface area contributed by atoms with Crippen molar-refractivity contribution in [3.05, 3.63) is 34.1 Å². The van der Waals surface area contributed by atoms with Crippen molar-refractivity contribution in [2.75, 3.05) is 24.7 Å². The lowest BCUT2D eigenvalue weighted by molar-refractivity contribution is 0.296. The van der Waals surface area contributed by atoms with Gasteiger partial charge in [-0.3, -0.25) is 0 Å². The Hall–Kier alpha value is -1.79. The van der Waals surface area contributed by atoms with Gasteiger partial charge < -0.3 is 15.4 Å². The lowest BCUT2D eigenvalue weighted by Crippen LogP contribution is -2.16. The summed E-state index contributed by atoms with van der Waals surface area (Å²) in [5.41, 5.74) is 5.63. The molecule has 0 aliphatic heterocycles. The number of halogens is 2. The highest BCUT2D eigenvalue weighted by atomic mass is 35.5. The number of hydrogen-bond donors (Lipinski definition) is 1. The highest BCUT2D eigenvalue weighted by Crippen LogP contribution is 2.28. The van der Waals surface area contributed by atoms with Crippen LogP contribution >= 0.6 is 23.2 Å². The quantitative estimate of drug-likeness (QED) is 0.934. The van der Waals surface area contributed by atoms with Crippen molar-refractivity contribution in [2.24, 2.45) is 0 Å². The molecule has 0 bridgehead atoms. The molecule has 0 spiro atoms. The Bertz CT molecular complexity index is 621. The van der Waals surface area contributed by atoms with E-state index in [0.717, 1.165) is 0 Å². The van der Waals surface area contributed by atoms with Crippen LogP contribution in [0.25, 0.3) is 0 Å². The molecular weight excluding hydrogens is 301 g/mol. The zero-order chi connectivity index (χ0) is 14.7. The highest BCUT2D eigenvalue weighted by molar-refractivity contribution is 6.34. The minimum absolute atomic E-state index is 0.119. The van der Waals surface area contributed by atoms with Crippen LogP contribution in [0.1, 0.15) is 5.82 Å². The third-order valence-electron chi connectivity index (χ3n) is 2.34. The number of nitrogens with zero attached hydrogens (tertiary/aromatic N) is 4. The molecule has 0 saturated heterocycles. The van der Waals surface area contributed by atoms with Gasteiger partial charge in [-0.1, -0.05) is 23.2 Å². The summed E-state index contributed by atoms with van der Waals surface area (Å²) in [5, 5.41) is 0.998. The van der Waals surface area contributed by atoms with E-state index in [4.69, 9.17) is 33.7 Å². The van der Waals surface area contributed by atoms with Crippen molar-refractivity contribution in [3.8, 4) is 5.75 Å². The van der Waals surface area contributed by atoms with Crippen LogP contribution in [0.2, 0.25) is 10.0 Å². The van der Waals surface area contributed by atoms with E-state index in [9.17, 15) is 0 Å². The molecule has 0 saturated carbocycles. The van der Waals surface area contributed by atoms with E-state index in [1.54, 1.807) is 23.1 Å². The first kappa shape index (κ1) is 14.6. The first-order valence-corrected chi connectivity index (χ1v) is 6.47. The van der Waals surface area contributed by atoms with Gasteiger partial charge in [0.15, 0.2) is 5.82 Å². The van der Waals surface area contributed by atoms with E-state index in [1.807, 2.05) is 14.1 Å². The maximum atomic E-state index is 6.01. The first-order valence-electron chi connectivity index (χ1n) is 5.71. The van der Waals surface area contributed by atoms with Gasteiger partial charge in [-0.2, -0.15) is 15.0 Å². The van der Waals surface area contributed by atoms with Gasteiger partial charge in [-0.05, 0) is 12.1 Å². The number of aromatic nitrogens is 3. The van der Waals surface area contributed by atoms with Crippen molar-refractivity contribution < 1.29 is 4.74 Å². The molecule has 2 aromatic rings. The molecule has 0 aliphatic carbocycles. The molecule has 2 N–H and O–H groups in total. The predicted molar refractivity (Wildman–Crippen MR) is 79.4 cm³/mol. The van der Waals surface area contributed by atoms with Crippen LogP contribution in [0.5, 0.6) is 5.75 Å². The molecule has 1 aromatic carbocycles. The average Bonchev–Trinajstić information content (AvgIpc) is 2.39. The standard InChI is InChI=1S/C12H13Cl2N5O/c1-19(2)12-17-10(16-11(15)18-12)6-20-9-5-7(13)3-4-8(9)14/h3-5H,6H2,1-2H3,(H2,15,16,17,18). The van der Waals surface area contributed by atoms with E-state index < -0.39 is 0 Å². The predicted octanol–water partition coefficient (Wildman–Crippen LogP) is 2.41. The van der Waals surface area contributed by atoms with E-state index in [1.165, 1.54) is 0 Å². The Kier molecular flexibility index (Phi) is 4.46. The number of ether oxygens (including phenoxy) is 1. The highest BCUT2D eigenvalue weighted by Gasteiger charge is 2.08. The lowest BCUT2D eigenvalue weighted by Gasteiger charge is -2.12. The molecule has 0 unspecified atom stereocenters. The number of anilines is 2. The third-order valence-corrected chi connectivity index (χ3v) is 2.88. The van der Waals surface area contributed by atoms with Crippen molar-refractivity contribution in [1.82, 2.24) is 15.0 Å². The van der Waals surface area contributed by atoms with Crippen LogP contribution < -0.4 is 15.4 Å². The normalized spacial score (nSPS) is 10.4. The van der Waals surface area contributed by atoms with Gasteiger partial charge in [0, 0.05) is 25.2 Å². The number of hydrogen-bond acceptors (Lipinski definition) is 6. The van der Waals surface area contributed by atoms with Crippen LogP contribution in [0.4, 0.5) is 11.9 Å². The average molecular weight is 314 g/mol. The van der Waals surface area contributed by atoms with E-state index in [2.05, 4.69) is 15.0 Å². The monoisotopic (exact) mass is 313 g/mol. The van der Waals surface area contributed by atoms with E-state index >= 15 is 0 Å². The Morgan fingerprint density at radius 2 is 1.95 bits per heavy atom. The fourth-order valence-electron chi connectivity index (χ4n) is 1.42.